The lowest BCUT2D eigenvalue weighted by Crippen LogP contribution is -1.81. The van der Waals surface area contributed by atoms with Gasteiger partial charge >= 0.3 is 0 Å². The van der Waals surface area contributed by atoms with Crippen molar-refractivity contribution in [2.75, 3.05) is 0 Å². The van der Waals surface area contributed by atoms with E-state index in [1.54, 1.807) is 0 Å². The second-order valence-electron chi connectivity index (χ2n) is 2.66. The second-order valence-corrected chi connectivity index (χ2v) is 4.17. The molecular formula is C9H6ClIN2O. The van der Waals surface area contributed by atoms with E-state index >= 15 is 0 Å². The summed E-state index contributed by atoms with van der Waals surface area (Å²) in [5.41, 5.74) is 0.911. The number of nitrogens with zero attached hydrogens (tertiary/aromatic N) is 2. The van der Waals surface area contributed by atoms with Gasteiger partial charge in [-0.3, -0.25) is 0 Å². The van der Waals surface area contributed by atoms with Gasteiger partial charge in [0.2, 0.25) is 0 Å². The fraction of sp³-hybridized carbons (Fsp3) is 0.111. The number of aromatic nitrogens is 2. The standard InChI is InChI=1S/C9H6ClIN2O/c10-5-8-12-9(14-13-8)6-1-3-7(11)4-2-6/h1-4H,5H2. The van der Waals surface area contributed by atoms with Crippen LogP contribution in [0.5, 0.6) is 0 Å². The molecule has 0 N–H and O–H groups in total. The van der Waals surface area contributed by atoms with Crippen molar-refractivity contribution in [2.45, 2.75) is 5.88 Å². The van der Waals surface area contributed by atoms with Crippen LogP contribution in [0.15, 0.2) is 28.8 Å². The van der Waals surface area contributed by atoms with Crippen LogP contribution in [-0.2, 0) is 5.88 Å². The minimum atomic E-state index is 0.272. The van der Waals surface area contributed by atoms with E-state index in [1.165, 1.54) is 3.57 Å². The van der Waals surface area contributed by atoms with Gasteiger partial charge in [-0.1, -0.05) is 5.16 Å². The summed E-state index contributed by atoms with van der Waals surface area (Å²) >= 11 is 7.81. The Morgan fingerprint density at radius 2 is 2.00 bits per heavy atom. The molecule has 1 aromatic carbocycles. The van der Waals surface area contributed by atoms with E-state index in [0.717, 1.165) is 5.56 Å². The fourth-order valence-electron chi connectivity index (χ4n) is 1.02. The van der Waals surface area contributed by atoms with Gasteiger partial charge in [-0.15, -0.1) is 11.6 Å². The third-order valence-electron chi connectivity index (χ3n) is 1.68. The van der Waals surface area contributed by atoms with E-state index in [1.807, 2.05) is 24.3 Å². The first-order valence-corrected chi connectivity index (χ1v) is 5.55. The average molecular weight is 321 g/mol. The molecule has 0 atom stereocenters. The Morgan fingerprint density at radius 1 is 1.29 bits per heavy atom. The molecule has 0 aliphatic rings. The molecule has 2 rings (SSSR count). The molecule has 72 valence electrons. The lowest BCUT2D eigenvalue weighted by molar-refractivity contribution is 0.425. The number of rotatable bonds is 2. The van der Waals surface area contributed by atoms with Gasteiger partial charge in [0, 0.05) is 9.13 Å². The Labute approximate surface area is 99.6 Å². The summed E-state index contributed by atoms with van der Waals surface area (Å²) in [6.07, 6.45) is 0. The Balaban J connectivity index is 2.34. The van der Waals surface area contributed by atoms with E-state index in [9.17, 15) is 0 Å². The Hall–Kier alpha value is -0.620. The summed E-state index contributed by atoms with van der Waals surface area (Å²) in [4.78, 5) is 4.12. The van der Waals surface area contributed by atoms with Crippen LogP contribution in [0.3, 0.4) is 0 Å². The van der Waals surface area contributed by atoms with Gasteiger partial charge in [0.15, 0.2) is 5.82 Å². The zero-order chi connectivity index (χ0) is 9.97. The monoisotopic (exact) mass is 320 g/mol. The molecule has 0 spiro atoms. The maximum Gasteiger partial charge on any atom is 0.257 e. The molecular weight excluding hydrogens is 314 g/mol. The largest absolute Gasteiger partial charge is 0.334 e. The van der Waals surface area contributed by atoms with Crippen LogP contribution < -0.4 is 0 Å². The lowest BCUT2D eigenvalue weighted by atomic mass is 10.2. The third kappa shape index (κ3) is 2.06. The summed E-state index contributed by atoms with van der Waals surface area (Å²) in [5.74, 6) is 1.30. The van der Waals surface area contributed by atoms with E-state index in [-0.39, 0.29) is 5.88 Å². The molecule has 0 saturated carbocycles. The fourth-order valence-corrected chi connectivity index (χ4v) is 1.49. The van der Waals surface area contributed by atoms with Gasteiger partial charge in [-0.05, 0) is 46.9 Å². The minimum absolute atomic E-state index is 0.272. The van der Waals surface area contributed by atoms with Crippen molar-refractivity contribution in [2.24, 2.45) is 0 Å². The molecule has 0 aliphatic carbocycles. The minimum Gasteiger partial charge on any atom is -0.334 e. The molecule has 0 aliphatic heterocycles. The normalized spacial score (nSPS) is 10.4. The molecule has 0 saturated heterocycles. The van der Waals surface area contributed by atoms with Crippen molar-refractivity contribution in [3.8, 4) is 11.5 Å². The number of benzene rings is 1. The highest BCUT2D eigenvalue weighted by molar-refractivity contribution is 14.1. The molecule has 5 heteroatoms. The highest BCUT2D eigenvalue weighted by atomic mass is 127. The Kier molecular flexibility index (Phi) is 3.02. The highest BCUT2D eigenvalue weighted by Crippen LogP contribution is 2.18. The number of halogens is 2. The van der Waals surface area contributed by atoms with Crippen LogP contribution >= 0.6 is 34.2 Å². The maximum atomic E-state index is 5.57. The van der Waals surface area contributed by atoms with Crippen molar-refractivity contribution in [1.29, 1.82) is 0 Å². The van der Waals surface area contributed by atoms with Gasteiger partial charge in [0.05, 0.1) is 5.88 Å². The molecule has 0 radical (unpaired) electrons. The SMILES string of the molecule is ClCc1noc(-c2ccc(I)cc2)n1. The molecule has 2 aromatic rings. The van der Waals surface area contributed by atoms with Crippen LogP contribution in [0.4, 0.5) is 0 Å². The molecule has 0 amide bonds. The Bertz CT molecular complexity index is 427. The molecule has 3 nitrogen and oxygen atoms in total. The molecule has 14 heavy (non-hydrogen) atoms. The smallest absolute Gasteiger partial charge is 0.257 e. The number of alkyl halides is 1. The molecule has 0 bridgehead atoms. The van der Waals surface area contributed by atoms with Crippen LogP contribution in [0, 0.1) is 3.57 Å². The Morgan fingerprint density at radius 3 is 2.57 bits per heavy atom. The van der Waals surface area contributed by atoms with Gasteiger partial charge < -0.3 is 4.52 Å². The average Bonchev–Trinajstić information content (AvgIpc) is 2.67. The number of hydrogen-bond acceptors (Lipinski definition) is 3. The zero-order valence-corrected chi connectivity index (χ0v) is 9.99. The van der Waals surface area contributed by atoms with Gasteiger partial charge in [-0.2, -0.15) is 4.98 Å². The van der Waals surface area contributed by atoms with Crippen LogP contribution in [0.1, 0.15) is 5.82 Å². The van der Waals surface area contributed by atoms with Crippen LogP contribution in [-0.4, -0.2) is 10.1 Å². The van der Waals surface area contributed by atoms with Crippen molar-refractivity contribution in [1.82, 2.24) is 10.1 Å². The first-order chi connectivity index (χ1) is 6.79. The summed E-state index contributed by atoms with van der Waals surface area (Å²) in [6, 6.07) is 7.85. The predicted octanol–water partition coefficient (Wildman–Crippen LogP) is 3.08. The molecule has 0 fully saturated rings. The van der Waals surface area contributed by atoms with Gasteiger partial charge in [0.25, 0.3) is 5.89 Å². The number of hydrogen-bond donors (Lipinski definition) is 0. The van der Waals surface area contributed by atoms with E-state index in [2.05, 4.69) is 32.7 Å². The first-order valence-electron chi connectivity index (χ1n) is 3.94. The first kappa shape index (κ1) is 9.92. The van der Waals surface area contributed by atoms with E-state index < -0.39 is 0 Å². The topological polar surface area (TPSA) is 38.9 Å². The maximum absolute atomic E-state index is 5.57. The summed E-state index contributed by atoms with van der Waals surface area (Å²) in [5, 5.41) is 3.71. The summed E-state index contributed by atoms with van der Waals surface area (Å²) in [6.45, 7) is 0. The van der Waals surface area contributed by atoms with Crippen molar-refractivity contribution < 1.29 is 4.52 Å². The van der Waals surface area contributed by atoms with E-state index in [0.29, 0.717) is 11.7 Å². The summed E-state index contributed by atoms with van der Waals surface area (Å²) in [7, 11) is 0. The lowest BCUT2D eigenvalue weighted by Gasteiger charge is -1.92. The third-order valence-corrected chi connectivity index (χ3v) is 2.64. The molecule has 0 unspecified atom stereocenters. The van der Waals surface area contributed by atoms with Gasteiger partial charge in [-0.25, -0.2) is 0 Å². The highest BCUT2D eigenvalue weighted by Gasteiger charge is 2.06. The van der Waals surface area contributed by atoms with E-state index in [4.69, 9.17) is 16.1 Å². The van der Waals surface area contributed by atoms with Gasteiger partial charge in [0.1, 0.15) is 0 Å². The predicted molar refractivity (Wildman–Crippen MR) is 62.0 cm³/mol. The van der Waals surface area contributed by atoms with Crippen LogP contribution in [0.2, 0.25) is 0 Å². The zero-order valence-electron chi connectivity index (χ0n) is 7.08. The van der Waals surface area contributed by atoms with Crippen molar-refractivity contribution in [3.63, 3.8) is 0 Å². The van der Waals surface area contributed by atoms with Crippen molar-refractivity contribution >= 4 is 34.2 Å². The van der Waals surface area contributed by atoms with Crippen LogP contribution in [0.25, 0.3) is 11.5 Å². The van der Waals surface area contributed by atoms with Crippen molar-refractivity contribution in [3.05, 3.63) is 33.7 Å². The quantitative estimate of drug-likeness (QED) is 0.630. The summed E-state index contributed by atoms with van der Waals surface area (Å²) < 4.78 is 6.20. The molecule has 1 heterocycles. The second kappa shape index (κ2) is 4.27. The molecule has 1 aromatic heterocycles.